The summed E-state index contributed by atoms with van der Waals surface area (Å²) in [6.07, 6.45) is 6.46. The zero-order chi connectivity index (χ0) is 15.9. The molecule has 0 aromatic carbocycles. The number of fused-ring (bicyclic) bond motifs is 1. The Morgan fingerprint density at radius 1 is 1.27 bits per heavy atom. The van der Waals surface area contributed by atoms with Gasteiger partial charge in [0.05, 0.1) is 23.9 Å². The first-order valence-electron chi connectivity index (χ1n) is 7.82. The van der Waals surface area contributed by atoms with Gasteiger partial charge in [-0.3, -0.25) is 9.36 Å². The summed E-state index contributed by atoms with van der Waals surface area (Å²) in [6.45, 7) is 5.17. The second kappa shape index (κ2) is 8.08. The summed E-state index contributed by atoms with van der Waals surface area (Å²) in [7, 11) is 0. The van der Waals surface area contributed by atoms with Gasteiger partial charge in [0, 0.05) is 11.9 Å². The van der Waals surface area contributed by atoms with Gasteiger partial charge in [0.2, 0.25) is 0 Å². The molecular formula is C16H22N2O3S. The number of hydrogen-bond acceptors (Lipinski definition) is 5. The van der Waals surface area contributed by atoms with Crippen LogP contribution < -0.4 is 5.56 Å². The van der Waals surface area contributed by atoms with Gasteiger partial charge in [-0.15, -0.1) is 11.3 Å². The minimum atomic E-state index is -0.426. The fourth-order valence-electron chi connectivity index (χ4n) is 2.20. The topological polar surface area (TPSA) is 61.2 Å². The van der Waals surface area contributed by atoms with Crippen LogP contribution in [0.4, 0.5) is 0 Å². The third-order valence-electron chi connectivity index (χ3n) is 3.51. The number of rotatable bonds is 8. The summed E-state index contributed by atoms with van der Waals surface area (Å²) in [5.74, 6) is -0.426. The van der Waals surface area contributed by atoms with E-state index < -0.39 is 5.97 Å². The Labute approximate surface area is 133 Å². The fourth-order valence-corrected chi connectivity index (χ4v) is 3.06. The van der Waals surface area contributed by atoms with Crippen LogP contribution in [0, 0.1) is 0 Å². The lowest BCUT2D eigenvalue weighted by molar-refractivity contribution is 0.0502. The average molecular weight is 322 g/mol. The molecule has 22 heavy (non-hydrogen) atoms. The Morgan fingerprint density at radius 2 is 2.05 bits per heavy atom. The molecule has 0 aliphatic carbocycles. The first kappa shape index (κ1) is 16.7. The highest BCUT2D eigenvalue weighted by atomic mass is 32.1. The standard InChI is InChI=1S/C16H22N2O3S/c1-3-5-7-8-18-11-17-14-13(15(18)19)12(10-22-14)16(20)21-9-6-4-2/h10-11H,3-9H2,1-2H3. The molecule has 0 saturated carbocycles. The van der Waals surface area contributed by atoms with Crippen LogP contribution in [0.2, 0.25) is 0 Å². The number of unbranched alkanes of at least 4 members (excludes halogenated alkanes) is 3. The van der Waals surface area contributed by atoms with Crippen LogP contribution in [0.25, 0.3) is 10.2 Å². The van der Waals surface area contributed by atoms with E-state index in [1.165, 1.54) is 11.3 Å². The van der Waals surface area contributed by atoms with Gasteiger partial charge >= 0.3 is 5.97 Å². The minimum Gasteiger partial charge on any atom is -0.462 e. The molecule has 2 heterocycles. The molecular weight excluding hydrogens is 300 g/mol. The van der Waals surface area contributed by atoms with Crippen LogP contribution in [-0.4, -0.2) is 22.1 Å². The predicted molar refractivity (Wildman–Crippen MR) is 88.6 cm³/mol. The largest absolute Gasteiger partial charge is 0.462 e. The van der Waals surface area contributed by atoms with Crippen molar-refractivity contribution in [1.82, 2.24) is 9.55 Å². The van der Waals surface area contributed by atoms with E-state index in [-0.39, 0.29) is 5.56 Å². The van der Waals surface area contributed by atoms with E-state index in [1.54, 1.807) is 16.3 Å². The zero-order valence-corrected chi connectivity index (χ0v) is 13.9. The van der Waals surface area contributed by atoms with E-state index in [4.69, 9.17) is 4.74 Å². The van der Waals surface area contributed by atoms with Crippen molar-refractivity contribution in [3.05, 3.63) is 27.6 Å². The van der Waals surface area contributed by atoms with Gasteiger partial charge in [0.15, 0.2) is 0 Å². The van der Waals surface area contributed by atoms with Crippen LogP contribution in [0.3, 0.4) is 0 Å². The van der Waals surface area contributed by atoms with E-state index in [1.807, 2.05) is 6.92 Å². The van der Waals surface area contributed by atoms with Crippen molar-refractivity contribution >= 4 is 27.5 Å². The first-order valence-corrected chi connectivity index (χ1v) is 8.70. The first-order chi connectivity index (χ1) is 10.7. The number of ether oxygens (including phenoxy) is 1. The van der Waals surface area contributed by atoms with Gasteiger partial charge in [-0.05, 0) is 12.8 Å². The number of hydrogen-bond donors (Lipinski definition) is 0. The van der Waals surface area contributed by atoms with Crippen molar-refractivity contribution in [1.29, 1.82) is 0 Å². The Morgan fingerprint density at radius 3 is 2.77 bits per heavy atom. The van der Waals surface area contributed by atoms with Crippen LogP contribution in [0.1, 0.15) is 56.3 Å². The summed E-state index contributed by atoms with van der Waals surface area (Å²) in [6, 6.07) is 0. The molecule has 0 fully saturated rings. The molecule has 2 rings (SSSR count). The molecule has 0 bridgehead atoms. The van der Waals surface area contributed by atoms with Gasteiger partial charge in [0.25, 0.3) is 5.56 Å². The Hall–Kier alpha value is -1.69. The fraction of sp³-hybridized carbons (Fsp3) is 0.562. The summed E-state index contributed by atoms with van der Waals surface area (Å²) in [5, 5.41) is 2.06. The van der Waals surface area contributed by atoms with Gasteiger partial charge in [0.1, 0.15) is 4.83 Å². The maximum atomic E-state index is 12.6. The molecule has 0 saturated heterocycles. The predicted octanol–water partition coefficient (Wildman–Crippen LogP) is 3.61. The van der Waals surface area contributed by atoms with Crippen LogP contribution in [0.5, 0.6) is 0 Å². The monoisotopic (exact) mass is 322 g/mol. The molecule has 6 heteroatoms. The smallest absolute Gasteiger partial charge is 0.339 e. The molecule has 0 aliphatic heterocycles. The second-order valence-corrected chi connectivity index (χ2v) is 6.13. The van der Waals surface area contributed by atoms with Crippen molar-refractivity contribution in [2.45, 2.75) is 52.5 Å². The van der Waals surface area contributed by atoms with E-state index in [0.717, 1.165) is 32.1 Å². The molecule has 0 aliphatic rings. The highest BCUT2D eigenvalue weighted by Gasteiger charge is 2.18. The number of aryl methyl sites for hydroxylation is 1. The Kier molecular flexibility index (Phi) is 6.12. The van der Waals surface area contributed by atoms with E-state index in [9.17, 15) is 9.59 Å². The van der Waals surface area contributed by atoms with Crippen LogP contribution in [-0.2, 0) is 11.3 Å². The number of nitrogens with zero attached hydrogens (tertiary/aromatic N) is 2. The third kappa shape index (κ3) is 3.74. The van der Waals surface area contributed by atoms with Crippen LogP contribution >= 0.6 is 11.3 Å². The Bertz CT molecular complexity index is 690. The molecule has 0 radical (unpaired) electrons. The van der Waals surface area contributed by atoms with E-state index in [0.29, 0.717) is 28.9 Å². The number of thiophene rings is 1. The van der Waals surface area contributed by atoms with Crippen LogP contribution in [0.15, 0.2) is 16.5 Å². The summed E-state index contributed by atoms with van der Waals surface area (Å²) in [4.78, 5) is 29.6. The molecule has 0 amide bonds. The summed E-state index contributed by atoms with van der Waals surface area (Å²) >= 11 is 1.31. The quantitative estimate of drug-likeness (QED) is 0.550. The lowest BCUT2D eigenvalue weighted by Gasteiger charge is -2.06. The highest BCUT2D eigenvalue weighted by Crippen LogP contribution is 2.21. The minimum absolute atomic E-state index is 0.148. The lowest BCUT2D eigenvalue weighted by atomic mass is 10.2. The van der Waals surface area contributed by atoms with Crippen molar-refractivity contribution in [2.24, 2.45) is 0 Å². The Balaban J connectivity index is 2.26. The van der Waals surface area contributed by atoms with Crippen molar-refractivity contribution in [3.63, 3.8) is 0 Å². The van der Waals surface area contributed by atoms with Crippen molar-refractivity contribution in [3.8, 4) is 0 Å². The molecule has 120 valence electrons. The van der Waals surface area contributed by atoms with E-state index in [2.05, 4.69) is 11.9 Å². The second-order valence-electron chi connectivity index (χ2n) is 5.27. The molecule has 5 nitrogen and oxygen atoms in total. The molecule has 0 N–H and O–H groups in total. The number of carbonyl (C=O) groups is 1. The molecule has 0 spiro atoms. The maximum Gasteiger partial charge on any atom is 0.339 e. The highest BCUT2D eigenvalue weighted by molar-refractivity contribution is 7.17. The van der Waals surface area contributed by atoms with Gasteiger partial charge in [-0.25, -0.2) is 9.78 Å². The van der Waals surface area contributed by atoms with E-state index >= 15 is 0 Å². The molecule has 2 aromatic heterocycles. The molecule has 0 unspecified atom stereocenters. The number of carbonyl (C=O) groups excluding carboxylic acids is 1. The van der Waals surface area contributed by atoms with Gasteiger partial charge in [-0.2, -0.15) is 0 Å². The SMILES string of the molecule is CCCCCn1cnc2scc(C(=O)OCCCC)c2c1=O. The van der Waals surface area contributed by atoms with Crippen molar-refractivity contribution in [2.75, 3.05) is 6.61 Å². The summed E-state index contributed by atoms with van der Waals surface area (Å²) in [5.41, 5.74) is 0.197. The number of aromatic nitrogens is 2. The lowest BCUT2D eigenvalue weighted by Crippen LogP contribution is -2.22. The normalized spacial score (nSPS) is 11.0. The third-order valence-corrected chi connectivity index (χ3v) is 4.40. The molecule has 2 aromatic rings. The van der Waals surface area contributed by atoms with Crippen molar-refractivity contribution < 1.29 is 9.53 Å². The van der Waals surface area contributed by atoms with Gasteiger partial charge in [-0.1, -0.05) is 33.1 Å². The summed E-state index contributed by atoms with van der Waals surface area (Å²) < 4.78 is 6.81. The maximum absolute atomic E-state index is 12.6. The average Bonchev–Trinajstić information content (AvgIpc) is 2.95. The number of esters is 1. The zero-order valence-electron chi connectivity index (χ0n) is 13.1. The van der Waals surface area contributed by atoms with Gasteiger partial charge < -0.3 is 4.74 Å². The molecule has 0 atom stereocenters.